The molecule has 0 aliphatic heterocycles. The molecule has 0 bridgehead atoms. The maximum absolute atomic E-state index is 12.0. The van der Waals surface area contributed by atoms with E-state index in [1.165, 1.54) is 13.0 Å². The molecule has 0 aromatic heterocycles. The van der Waals surface area contributed by atoms with Crippen molar-refractivity contribution in [2.75, 3.05) is 0 Å². The van der Waals surface area contributed by atoms with Crippen molar-refractivity contribution in [1.29, 1.82) is 0 Å². The van der Waals surface area contributed by atoms with Gasteiger partial charge in [-0.25, -0.2) is 8.78 Å². The van der Waals surface area contributed by atoms with Crippen molar-refractivity contribution in [3.63, 3.8) is 0 Å². The summed E-state index contributed by atoms with van der Waals surface area (Å²) in [7, 11) is 0. The van der Waals surface area contributed by atoms with Crippen LogP contribution in [0, 0.1) is 0 Å². The van der Waals surface area contributed by atoms with E-state index < -0.39 is 5.92 Å². The molecule has 0 N–H and O–H groups in total. The Kier molecular flexibility index (Phi) is 15.9. The lowest BCUT2D eigenvalue weighted by Crippen LogP contribution is -2.10. The normalized spacial score (nSPS) is 10.3. The van der Waals surface area contributed by atoms with Crippen molar-refractivity contribution < 1.29 is 8.78 Å². The van der Waals surface area contributed by atoms with Crippen LogP contribution in [0.2, 0.25) is 0 Å². The predicted molar refractivity (Wildman–Crippen MR) is 57.3 cm³/mol. The minimum Gasteiger partial charge on any atom is -0.202 e. The molecule has 0 radical (unpaired) electrons. The van der Waals surface area contributed by atoms with Crippen LogP contribution in [0.1, 0.15) is 41.5 Å². The third-order valence-corrected chi connectivity index (χ3v) is 1.13. The molecule has 0 saturated carbocycles. The van der Waals surface area contributed by atoms with Gasteiger partial charge in [0.05, 0.1) is 0 Å². The summed E-state index contributed by atoms with van der Waals surface area (Å²) in [5.41, 5.74) is 0.123. The lowest BCUT2D eigenvalue weighted by molar-refractivity contribution is 0.0633. The van der Waals surface area contributed by atoms with Crippen molar-refractivity contribution >= 4 is 0 Å². The summed E-state index contributed by atoms with van der Waals surface area (Å²) in [5.74, 6) is -2.63. The van der Waals surface area contributed by atoms with Gasteiger partial charge in [-0.1, -0.05) is 26.0 Å². The standard InChI is InChI=1S/C6H10F2.C3H6.C2H6/c1-4-5(2)6(3,7)8;1-3-2;1-2/h4H,1-3H3;3H,1H2,2H3;1-2H3/b5-4+;;. The molecule has 0 rings (SSSR count). The summed E-state index contributed by atoms with van der Waals surface area (Å²) < 4.78 is 24.1. The Bertz CT molecular complexity index is 130. The van der Waals surface area contributed by atoms with Crippen molar-refractivity contribution in [2.45, 2.75) is 47.5 Å². The van der Waals surface area contributed by atoms with Crippen LogP contribution in [0.15, 0.2) is 24.3 Å². The molecule has 0 aromatic carbocycles. The van der Waals surface area contributed by atoms with Crippen molar-refractivity contribution in [1.82, 2.24) is 0 Å². The Balaban J connectivity index is -0.000000169. The maximum atomic E-state index is 12.0. The topological polar surface area (TPSA) is 0 Å². The number of allylic oxidation sites excluding steroid dienone is 3. The number of hydrogen-bond donors (Lipinski definition) is 0. The van der Waals surface area contributed by atoms with Gasteiger partial charge in [0, 0.05) is 6.92 Å². The van der Waals surface area contributed by atoms with Gasteiger partial charge < -0.3 is 0 Å². The summed E-state index contributed by atoms with van der Waals surface area (Å²) >= 11 is 0. The van der Waals surface area contributed by atoms with Gasteiger partial charge in [0.2, 0.25) is 0 Å². The van der Waals surface area contributed by atoms with E-state index >= 15 is 0 Å². The first kappa shape index (κ1) is 18.2. The summed E-state index contributed by atoms with van der Waals surface area (Å²) in [5, 5.41) is 0. The van der Waals surface area contributed by atoms with Gasteiger partial charge in [-0.3, -0.25) is 0 Å². The fraction of sp³-hybridized carbons (Fsp3) is 0.636. The molecule has 80 valence electrons. The maximum Gasteiger partial charge on any atom is 0.266 e. The van der Waals surface area contributed by atoms with E-state index in [4.69, 9.17) is 0 Å². The van der Waals surface area contributed by atoms with Gasteiger partial charge in [0.15, 0.2) is 0 Å². The summed E-state index contributed by atoms with van der Waals surface area (Å²) in [6.45, 7) is 13.2. The second kappa shape index (κ2) is 11.3. The molecule has 0 amide bonds. The van der Waals surface area contributed by atoms with Crippen LogP contribution in [0.4, 0.5) is 8.78 Å². The first-order chi connectivity index (χ1) is 5.90. The highest BCUT2D eigenvalue weighted by Crippen LogP contribution is 2.21. The third-order valence-electron chi connectivity index (χ3n) is 1.13. The number of rotatable bonds is 1. The molecule has 0 spiro atoms. The first-order valence-electron chi connectivity index (χ1n) is 4.48. The molecule has 0 aromatic rings. The van der Waals surface area contributed by atoms with E-state index in [-0.39, 0.29) is 5.57 Å². The molecule has 0 aliphatic carbocycles. The molecule has 0 atom stereocenters. The zero-order valence-electron chi connectivity index (χ0n) is 9.62. The number of hydrogen-bond acceptors (Lipinski definition) is 0. The first-order valence-corrected chi connectivity index (χ1v) is 4.48. The van der Waals surface area contributed by atoms with Crippen LogP contribution in [0.5, 0.6) is 0 Å². The molecule has 2 heteroatoms. The molecule has 0 saturated heterocycles. The van der Waals surface area contributed by atoms with Gasteiger partial charge in [0.25, 0.3) is 5.92 Å². The monoisotopic (exact) mass is 192 g/mol. The van der Waals surface area contributed by atoms with Crippen molar-refractivity contribution in [3.05, 3.63) is 24.3 Å². The second-order valence-corrected chi connectivity index (χ2v) is 2.27. The second-order valence-electron chi connectivity index (χ2n) is 2.27. The van der Waals surface area contributed by atoms with Crippen LogP contribution >= 0.6 is 0 Å². The molecular formula is C11H22F2. The Labute approximate surface area is 81.4 Å². The smallest absolute Gasteiger partial charge is 0.202 e. The van der Waals surface area contributed by atoms with Gasteiger partial charge in [-0.2, -0.15) is 0 Å². The van der Waals surface area contributed by atoms with Crippen LogP contribution in [0.25, 0.3) is 0 Å². The van der Waals surface area contributed by atoms with Gasteiger partial charge >= 0.3 is 0 Å². The highest BCUT2D eigenvalue weighted by Gasteiger charge is 2.21. The summed E-state index contributed by atoms with van der Waals surface area (Å²) in [4.78, 5) is 0. The fourth-order valence-electron chi connectivity index (χ4n) is 0.253. The van der Waals surface area contributed by atoms with E-state index in [1.54, 1.807) is 13.0 Å². The lowest BCUT2D eigenvalue weighted by atomic mass is 10.2. The van der Waals surface area contributed by atoms with Gasteiger partial charge in [-0.15, -0.1) is 6.58 Å². The summed E-state index contributed by atoms with van der Waals surface area (Å²) in [6, 6.07) is 0. The SMILES string of the molecule is C/C=C(\C)C(C)(F)F.C=CC.CC. The van der Waals surface area contributed by atoms with Crippen LogP contribution in [-0.4, -0.2) is 5.92 Å². The average Bonchev–Trinajstić information content (AvgIpc) is 2.06. The minimum absolute atomic E-state index is 0.123. The highest BCUT2D eigenvalue weighted by molar-refractivity contribution is 5.05. The van der Waals surface area contributed by atoms with E-state index in [0.717, 1.165) is 6.92 Å². The van der Waals surface area contributed by atoms with Crippen molar-refractivity contribution in [2.24, 2.45) is 0 Å². The molecule has 13 heavy (non-hydrogen) atoms. The molecule has 0 fully saturated rings. The molecule has 0 heterocycles. The minimum atomic E-state index is -2.63. The molecular weight excluding hydrogens is 170 g/mol. The zero-order chi connectivity index (χ0) is 11.5. The van der Waals surface area contributed by atoms with Crippen LogP contribution < -0.4 is 0 Å². The average molecular weight is 192 g/mol. The van der Waals surface area contributed by atoms with Gasteiger partial charge in [-0.05, 0) is 26.3 Å². The number of alkyl halides is 2. The van der Waals surface area contributed by atoms with E-state index in [0.29, 0.717) is 0 Å². The van der Waals surface area contributed by atoms with Crippen molar-refractivity contribution in [3.8, 4) is 0 Å². The van der Waals surface area contributed by atoms with Crippen LogP contribution in [-0.2, 0) is 0 Å². The molecule has 0 unspecified atom stereocenters. The zero-order valence-corrected chi connectivity index (χ0v) is 9.62. The quantitative estimate of drug-likeness (QED) is 0.522. The Morgan fingerprint density at radius 3 is 1.46 bits per heavy atom. The lowest BCUT2D eigenvalue weighted by Gasteiger charge is -2.08. The Morgan fingerprint density at radius 1 is 1.23 bits per heavy atom. The number of halogens is 2. The largest absolute Gasteiger partial charge is 0.266 e. The van der Waals surface area contributed by atoms with Gasteiger partial charge in [0.1, 0.15) is 0 Å². The van der Waals surface area contributed by atoms with E-state index in [9.17, 15) is 8.78 Å². The summed E-state index contributed by atoms with van der Waals surface area (Å²) in [6.07, 6.45) is 3.17. The molecule has 0 aliphatic rings. The highest BCUT2D eigenvalue weighted by atomic mass is 19.3. The Morgan fingerprint density at radius 2 is 1.46 bits per heavy atom. The van der Waals surface area contributed by atoms with E-state index in [2.05, 4.69) is 6.58 Å². The fourth-order valence-corrected chi connectivity index (χ4v) is 0.253. The Hall–Kier alpha value is -0.660. The molecule has 0 nitrogen and oxygen atoms in total. The predicted octanol–water partition coefficient (Wildman–Crippen LogP) is 4.83. The van der Waals surface area contributed by atoms with E-state index in [1.807, 2.05) is 20.8 Å². The third kappa shape index (κ3) is 18.4. The van der Waals surface area contributed by atoms with Crippen LogP contribution in [0.3, 0.4) is 0 Å².